The Labute approximate surface area is 178 Å². The highest BCUT2D eigenvalue weighted by molar-refractivity contribution is 5.94. The van der Waals surface area contributed by atoms with Crippen molar-refractivity contribution < 1.29 is 9.59 Å². The summed E-state index contributed by atoms with van der Waals surface area (Å²) in [7, 11) is 0. The fraction of sp³-hybridized carbons (Fsp3) is 0.417. The van der Waals surface area contributed by atoms with Crippen molar-refractivity contribution in [3.8, 4) is 0 Å². The number of anilines is 2. The highest BCUT2D eigenvalue weighted by atomic mass is 16.2. The van der Waals surface area contributed by atoms with Crippen molar-refractivity contribution in [2.45, 2.75) is 19.3 Å². The number of carbonyl (C=O) groups is 2. The second-order valence-corrected chi connectivity index (χ2v) is 8.08. The molecule has 1 N–H and O–H groups in total. The van der Waals surface area contributed by atoms with Crippen LogP contribution in [0.2, 0.25) is 0 Å². The third-order valence-corrected chi connectivity index (χ3v) is 5.92. The number of nitrogens with one attached hydrogen (secondary N) is 1. The lowest BCUT2D eigenvalue weighted by Crippen LogP contribution is -2.50. The average Bonchev–Trinajstić information content (AvgIpc) is 2.81. The van der Waals surface area contributed by atoms with Gasteiger partial charge >= 0.3 is 0 Å². The molecule has 4 rings (SSSR count). The van der Waals surface area contributed by atoms with Gasteiger partial charge in [-0.15, -0.1) is 0 Å². The summed E-state index contributed by atoms with van der Waals surface area (Å²) < 4.78 is 0. The zero-order valence-corrected chi connectivity index (χ0v) is 17.4. The number of piperazine rings is 1. The molecule has 2 aliphatic heterocycles. The van der Waals surface area contributed by atoms with E-state index in [2.05, 4.69) is 27.2 Å². The van der Waals surface area contributed by atoms with Crippen LogP contribution in [0.3, 0.4) is 0 Å². The first kappa shape index (κ1) is 20.4. The summed E-state index contributed by atoms with van der Waals surface area (Å²) in [5, 5.41) is 3.00. The van der Waals surface area contributed by atoms with E-state index in [1.54, 1.807) is 0 Å². The third-order valence-electron chi connectivity index (χ3n) is 5.92. The van der Waals surface area contributed by atoms with Gasteiger partial charge in [-0.1, -0.05) is 18.2 Å². The predicted molar refractivity (Wildman–Crippen MR) is 120 cm³/mol. The first-order valence-electron chi connectivity index (χ1n) is 10.9. The number of nitrogens with zero attached hydrogens (tertiary/aromatic N) is 3. The molecule has 0 unspecified atom stereocenters. The van der Waals surface area contributed by atoms with Crippen molar-refractivity contribution in [1.82, 2.24) is 9.80 Å². The monoisotopic (exact) mass is 406 g/mol. The van der Waals surface area contributed by atoms with Crippen molar-refractivity contribution in [2.75, 3.05) is 56.0 Å². The molecule has 2 heterocycles. The molecule has 158 valence electrons. The quantitative estimate of drug-likeness (QED) is 0.829. The van der Waals surface area contributed by atoms with Crippen molar-refractivity contribution in [1.29, 1.82) is 0 Å². The maximum atomic E-state index is 12.5. The summed E-state index contributed by atoms with van der Waals surface area (Å²) in [6, 6.07) is 17.5. The summed E-state index contributed by atoms with van der Waals surface area (Å²) in [6.45, 7) is 5.28. The molecule has 0 atom stereocenters. The molecule has 0 aromatic heterocycles. The Hall–Kier alpha value is -2.86. The van der Waals surface area contributed by atoms with Gasteiger partial charge in [-0.3, -0.25) is 14.5 Å². The standard InChI is InChI=1S/C24H30N4O2/c29-23(25-21-9-11-22(12-10-21)27-13-5-2-6-14-27)19-26-15-17-28(18-16-26)24(30)20-7-3-1-4-8-20/h1,3-4,7-12H,2,5-6,13-19H2,(H,25,29). The fourth-order valence-corrected chi connectivity index (χ4v) is 4.18. The normalized spacial score (nSPS) is 17.6. The number of benzene rings is 2. The van der Waals surface area contributed by atoms with Gasteiger partial charge in [0.05, 0.1) is 6.54 Å². The van der Waals surface area contributed by atoms with E-state index >= 15 is 0 Å². The summed E-state index contributed by atoms with van der Waals surface area (Å²) in [6.07, 6.45) is 3.82. The van der Waals surface area contributed by atoms with Crippen LogP contribution in [0.4, 0.5) is 11.4 Å². The van der Waals surface area contributed by atoms with Gasteiger partial charge in [0.2, 0.25) is 5.91 Å². The molecule has 2 aliphatic rings. The Morgan fingerprint density at radius 3 is 2.10 bits per heavy atom. The molecule has 2 saturated heterocycles. The van der Waals surface area contributed by atoms with Gasteiger partial charge in [0.15, 0.2) is 0 Å². The predicted octanol–water partition coefficient (Wildman–Crippen LogP) is 3.07. The lowest BCUT2D eigenvalue weighted by molar-refractivity contribution is -0.117. The van der Waals surface area contributed by atoms with Crippen LogP contribution < -0.4 is 10.2 Å². The number of hydrogen-bond donors (Lipinski definition) is 1. The first-order valence-corrected chi connectivity index (χ1v) is 10.9. The maximum absolute atomic E-state index is 12.5. The number of hydrogen-bond acceptors (Lipinski definition) is 4. The van der Waals surface area contributed by atoms with Crippen LogP contribution >= 0.6 is 0 Å². The van der Waals surface area contributed by atoms with Crippen LogP contribution in [0, 0.1) is 0 Å². The molecular formula is C24H30N4O2. The second kappa shape index (κ2) is 9.76. The molecule has 6 heteroatoms. The molecule has 0 bridgehead atoms. The van der Waals surface area contributed by atoms with Crippen molar-refractivity contribution in [3.63, 3.8) is 0 Å². The zero-order valence-electron chi connectivity index (χ0n) is 17.4. The van der Waals surface area contributed by atoms with Crippen molar-refractivity contribution in [3.05, 3.63) is 60.2 Å². The fourth-order valence-electron chi connectivity index (χ4n) is 4.18. The van der Waals surface area contributed by atoms with Gasteiger partial charge in [-0.2, -0.15) is 0 Å². The SMILES string of the molecule is O=C(CN1CCN(C(=O)c2ccccc2)CC1)Nc1ccc(N2CCCCC2)cc1. The molecule has 2 aromatic carbocycles. The molecule has 30 heavy (non-hydrogen) atoms. The first-order chi connectivity index (χ1) is 14.7. The summed E-state index contributed by atoms with van der Waals surface area (Å²) in [4.78, 5) is 31.4. The largest absolute Gasteiger partial charge is 0.372 e. The Bertz CT molecular complexity index is 839. The second-order valence-electron chi connectivity index (χ2n) is 8.08. The maximum Gasteiger partial charge on any atom is 0.253 e. The highest BCUT2D eigenvalue weighted by Crippen LogP contribution is 2.21. The average molecular weight is 407 g/mol. The van der Waals surface area contributed by atoms with Crippen molar-refractivity contribution in [2.24, 2.45) is 0 Å². The Morgan fingerprint density at radius 1 is 0.767 bits per heavy atom. The smallest absolute Gasteiger partial charge is 0.253 e. The third kappa shape index (κ3) is 5.19. The van der Waals surface area contributed by atoms with Crippen LogP contribution in [0.15, 0.2) is 54.6 Å². The number of amides is 2. The minimum atomic E-state index is -0.0106. The van der Waals surface area contributed by atoms with Gasteiger partial charge in [0.25, 0.3) is 5.91 Å². The molecule has 0 aliphatic carbocycles. The number of piperidine rings is 1. The lowest BCUT2D eigenvalue weighted by atomic mass is 10.1. The summed E-state index contributed by atoms with van der Waals surface area (Å²) >= 11 is 0. The molecule has 2 aromatic rings. The summed E-state index contributed by atoms with van der Waals surface area (Å²) in [5.41, 5.74) is 2.78. The zero-order chi connectivity index (χ0) is 20.8. The molecular weight excluding hydrogens is 376 g/mol. The van der Waals surface area contributed by atoms with E-state index in [0.717, 1.165) is 24.3 Å². The minimum absolute atomic E-state index is 0.0106. The van der Waals surface area contributed by atoms with E-state index < -0.39 is 0 Å². The molecule has 0 spiro atoms. The van der Waals surface area contributed by atoms with Crippen molar-refractivity contribution >= 4 is 23.2 Å². The van der Waals surface area contributed by atoms with Crippen LogP contribution in [0.5, 0.6) is 0 Å². The summed E-state index contributed by atoms with van der Waals surface area (Å²) in [5.74, 6) is 0.0528. The van der Waals surface area contributed by atoms with Gasteiger partial charge in [0, 0.05) is 56.2 Å². The molecule has 2 fully saturated rings. The Kier molecular flexibility index (Phi) is 6.64. The number of rotatable bonds is 5. The van der Waals surface area contributed by atoms with Crippen LogP contribution in [0.25, 0.3) is 0 Å². The van der Waals surface area contributed by atoms with Gasteiger partial charge in [-0.05, 0) is 55.7 Å². The minimum Gasteiger partial charge on any atom is -0.372 e. The molecule has 0 radical (unpaired) electrons. The van der Waals surface area contributed by atoms with E-state index in [1.807, 2.05) is 47.4 Å². The van der Waals surface area contributed by atoms with E-state index in [-0.39, 0.29) is 11.8 Å². The number of carbonyl (C=O) groups excluding carboxylic acids is 2. The Balaban J connectivity index is 1.22. The van der Waals surface area contributed by atoms with E-state index in [1.165, 1.54) is 24.9 Å². The van der Waals surface area contributed by atoms with Gasteiger partial charge in [0.1, 0.15) is 0 Å². The lowest BCUT2D eigenvalue weighted by Gasteiger charge is -2.34. The van der Waals surface area contributed by atoms with E-state index in [9.17, 15) is 9.59 Å². The van der Waals surface area contributed by atoms with Gasteiger partial charge in [-0.25, -0.2) is 0 Å². The molecule has 0 saturated carbocycles. The van der Waals surface area contributed by atoms with Gasteiger partial charge < -0.3 is 15.1 Å². The van der Waals surface area contributed by atoms with E-state index in [0.29, 0.717) is 32.7 Å². The van der Waals surface area contributed by atoms with E-state index in [4.69, 9.17) is 0 Å². The Morgan fingerprint density at radius 2 is 1.43 bits per heavy atom. The molecule has 6 nitrogen and oxygen atoms in total. The topological polar surface area (TPSA) is 55.9 Å². The van der Waals surface area contributed by atoms with Crippen LogP contribution in [-0.2, 0) is 4.79 Å². The highest BCUT2D eigenvalue weighted by Gasteiger charge is 2.23. The van der Waals surface area contributed by atoms with Crippen LogP contribution in [0.1, 0.15) is 29.6 Å². The molecule has 2 amide bonds. The van der Waals surface area contributed by atoms with Crippen LogP contribution in [-0.4, -0.2) is 67.4 Å².